The van der Waals surface area contributed by atoms with Gasteiger partial charge in [-0.1, -0.05) is 24.3 Å². The fourth-order valence-corrected chi connectivity index (χ4v) is 1.36. The highest BCUT2D eigenvalue weighted by molar-refractivity contribution is 5.84. The summed E-state index contributed by atoms with van der Waals surface area (Å²) in [6, 6.07) is 7.93. The van der Waals surface area contributed by atoms with Crippen LogP contribution in [0.4, 0.5) is 5.69 Å². The quantitative estimate of drug-likeness (QED) is 0.493. The predicted molar refractivity (Wildman–Crippen MR) is 72.5 cm³/mol. The van der Waals surface area contributed by atoms with E-state index < -0.39 is 5.97 Å². The lowest BCUT2D eigenvalue weighted by Crippen LogP contribution is -2.07. The number of carbonyl (C=O) groups is 1. The topological polar surface area (TPSA) is 49.8 Å². The van der Waals surface area contributed by atoms with Gasteiger partial charge in [0, 0.05) is 19.8 Å². The molecule has 1 rings (SSSR count). The minimum Gasteiger partial charge on any atom is -0.490 e. The predicted octanol–water partition coefficient (Wildman–Crippen LogP) is 2.38. The molecule has 0 radical (unpaired) electrons. The lowest BCUT2D eigenvalue weighted by Gasteiger charge is -2.11. The third kappa shape index (κ3) is 3.97. The van der Waals surface area contributed by atoms with Crippen LogP contribution in [0.5, 0.6) is 0 Å². The van der Waals surface area contributed by atoms with Gasteiger partial charge in [-0.3, -0.25) is 0 Å². The number of hydrogen-bond acceptors (Lipinski definition) is 3. The largest absolute Gasteiger partial charge is 0.490 e. The minimum atomic E-state index is -1.08. The average Bonchev–Trinajstić information content (AvgIpc) is 2.34. The number of hydrogen-bond donors (Lipinski definition) is 1. The van der Waals surface area contributed by atoms with Crippen molar-refractivity contribution in [3.05, 3.63) is 47.7 Å². The first-order chi connectivity index (χ1) is 8.54. The van der Waals surface area contributed by atoms with E-state index in [0.717, 1.165) is 11.3 Å². The van der Waals surface area contributed by atoms with Gasteiger partial charge in [-0.25, -0.2) is 4.79 Å². The van der Waals surface area contributed by atoms with Crippen molar-refractivity contribution in [1.82, 2.24) is 0 Å². The Bertz CT molecular complexity index is 458. The molecule has 0 unspecified atom stereocenters. The zero-order valence-electron chi connectivity index (χ0n) is 10.8. The highest BCUT2D eigenvalue weighted by Crippen LogP contribution is 2.13. The third-order valence-electron chi connectivity index (χ3n) is 2.38. The van der Waals surface area contributed by atoms with E-state index in [1.54, 1.807) is 6.08 Å². The zero-order valence-corrected chi connectivity index (χ0v) is 10.8. The van der Waals surface area contributed by atoms with Crippen molar-refractivity contribution in [2.45, 2.75) is 0 Å². The zero-order chi connectivity index (χ0) is 13.5. The highest BCUT2D eigenvalue weighted by Gasteiger charge is 2.03. The lowest BCUT2D eigenvalue weighted by molar-refractivity contribution is -0.136. The summed E-state index contributed by atoms with van der Waals surface area (Å²) in [7, 11) is 5.29. The molecule has 0 amide bonds. The molecular weight excluding hydrogens is 230 g/mol. The van der Waals surface area contributed by atoms with Crippen LogP contribution in [0.3, 0.4) is 0 Å². The molecular formula is C14H17NO3. The van der Waals surface area contributed by atoms with Gasteiger partial charge in [0.25, 0.3) is 0 Å². The molecule has 0 saturated heterocycles. The van der Waals surface area contributed by atoms with Gasteiger partial charge >= 0.3 is 5.97 Å². The number of aliphatic carboxylic acids is 1. The van der Waals surface area contributed by atoms with Gasteiger partial charge in [0.15, 0.2) is 0 Å². The number of ether oxygens (including phenoxy) is 1. The number of carboxylic acids is 1. The summed E-state index contributed by atoms with van der Waals surface area (Å²) in [4.78, 5) is 12.7. The van der Waals surface area contributed by atoms with Crippen LogP contribution in [-0.2, 0) is 9.53 Å². The van der Waals surface area contributed by atoms with Gasteiger partial charge in [0.05, 0.1) is 7.11 Å². The Kier molecular flexibility index (Phi) is 4.99. The second-order valence-electron chi connectivity index (χ2n) is 3.89. The first-order valence-corrected chi connectivity index (χ1v) is 5.47. The molecule has 0 atom stereocenters. The van der Waals surface area contributed by atoms with Gasteiger partial charge in [0.1, 0.15) is 0 Å². The molecule has 18 heavy (non-hydrogen) atoms. The summed E-state index contributed by atoms with van der Waals surface area (Å²) in [6.07, 6.45) is 4.89. The molecule has 0 heterocycles. The molecule has 0 spiro atoms. The number of carboxylic acid groups (broad SMARTS) is 1. The van der Waals surface area contributed by atoms with Crippen molar-refractivity contribution < 1.29 is 14.6 Å². The molecule has 1 aromatic carbocycles. The molecule has 0 aliphatic heterocycles. The molecule has 96 valence electrons. The van der Waals surface area contributed by atoms with Crippen LogP contribution >= 0.6 is 0 Å². The Morgan fingerprint density at radius 2 is 1.89 bits per heavy atom. The number of rotatable bonds is 5. The fraction of sp³-hybridized carbons (Fsp3) is 0.214. The normalized spacial score (nSPS) is 11.6. The van der Waals surface area contributed by atoms with Crippen molar-refractivity contribution in [3.8, 4) is 0 Å². The average molecular weight is 247 g/mol. The number of anilines is 1. The Balaban J connectivity index is 2.76. The molecule has 1 N–H and O–H groups in total. The summed E-state index contributed by atoms with van der Waals surface area (Å²) >= 11 is 0. The Morgan fingerprint density at radius 1 is 1.28 bits per heavy atom. The van der Waals surface area contributed by atoms with Crippen molar-refractivity contribution in [2.24, 2.45) is 0 Å². The van der Waals surface area contributed by atoms with E-state index in [9.17, 15) is 4.79 Å². The highest BCUT2D eigenvalue weighted by atomic mass is 16.5. The van der Waals surface area contributed by atoms with Crippen LogP contribution in [0.2, 0.25) is 0 Å². The van der Waals surface area contributed by atoms with E-state index in [0.29, 0.717) is 0 Å². The summed E-state index contributed by atoms with van der Waals surface area (Å²) in [5.41, 5.74) is 2.11. The van der Waals surface area contributed by atoms with Crippen LogP contribution in [0.25, 0.3) is 6.08 Å². The molecule has 0 bridgehead atoms. The van der Waals surface area contributed by atoms with Crippen molar-refractivity contribution in [3.63, 3.8) is 0 Å². The smallest absolute Gasteiger partial charge is 0.371 e. The first kappa shape index (κ1) is 13.8. The molecule has 0 aliphatic carbocycles. The second kappa shape index (κ2) is 6.49. The van der Waals surface area contributed by atoms with Crippen LogP contribution < -0.4 is 4.90 Å². The van der Waals surface area contributed by atoms with Crippen molar-refractivity contribution >= 4 is 17.7 Å². The second-order valence-corrected chi connectivity index (χ2v) is 3.89. The molecule has 0 aromatic heterocycles. The first-order valence-electron chi connectivity index (χ1n) is 5.47. The lowest BCUT2D eigenvalue weighted by atomic mass is 10.2. The Morgan fingerprint density at radius 3 is 2.33 bits per heavy atom. The maximum Gasteiger partial charge on any atom is 0.371 e. The third-order valence-corrected chi connectivity index (χ3v) is 2.38. The van der Waals surface area contributed by atoms with Crippen molar-refractivity contribution in [1.29, 1.82) is 0 Å². The Labute approximate surface area is 107 Å². The van der Waals surface area contributed by atoms with E-state index in [-0.39, 0.29) is 5.76 Å². The maximum absolute atomic E-state index is 10.7. The van der Waals surface area contributed by atoms with E-state index >= 15 is 0 Å². The molecule has 0 saturated carbocycles. The molecule has 0 fully saturated rings. The standard InChI is InChI=1S/C14H17NO3/c1-15(2)12-9-7-11(8-10-12)5-4-6-13(18-3)14(16)17/h4-10H,1-3H3,(H,16,17)/b5-4+,13-6+. The van der Waals surface area contributed by atoms with Gasteiger partial charge < -0.3 is 14.7 Å². The van der Waals surface area contributed by atoms with Crippen LogP contribution in [-0.4, -0.2) is 32.3 Å². The van der Waals surface area contributed by atoms with E-state index in [2.05, 4.69) is 0 Å². The summed E-state index contributed by atoms with van der Waals surface area (Å²) < 4.78 is 4.70. The summed E-state index contributed by atoms with van der Waals surface area (Å²) in [6.45, 7) is 0. The van der Waals surface area contributed by atoms with E-state index in [1.165, 1.54) is 13.2 Å². The van der Waals surface area contributed by atoms with Crippen molar-refractivity contribution in [2.75, 3.05) is 26.1 Å². The summed E-state index contributed by atoms with van der Waals surface area (Å²) in [5.74, 6) is -1.17. The number of allylic oxidation sites excluding steroid dienone is 2. The Hall–Kier alpha value is -2.23. The van der Waals surface area contributed by atoms with Gasteiger partial charge in [0.2, 0.25) is 5.76 Å². The van der Waals surface area contributed by atoms with Crippen LogP contribution in [0.1, 0.15) is 5.56 Å². The van der Waals surface area contributed by atoms with E-state index in [4.69, 9.17) is 9.84 Å². The van der Waals surface area contributed by atoms with Gasteiger partial charge in [-0.15, -0.1) is 0 Å². The molecule has 4 nitrogen and oxygen atoms in total. The number of benzene rings is 1. The van der Waals surface area contributed by atoms with E-state index in [1.807, 2.05) is 49.3 Å². The SMILES string of the molecule is CO/C(=C/C=C/c1ccc(N(C)C)cc1)C(=O)O. The number of nitrogens with zero attached hydrogens (tertiary/aromatic N) is 1. The molecule has 1 aromatic rings. The van der Waals surface area contributed by atoms with Gasteiger partial charge in [-0.2, -0.15) is 0 Å². The molecule has 0 aliphatic rings. The van der Waals surface area contributed by atoms with Crippen LogP contribution in [0, 0.1) is 0 Å². The monoisotopic (exact) mass is 247 g/mol. The maximum atomic E-state index is 10.7. The van der Waals surface area contributed by atoms with Crippen LogP contribution in [0.15, 0.2) is 42.2 Å². The fourth-order valence-electron chi connectivity index (χ4n) is 1.36. The molecule has 4 heteroatoms. The van der Waals surface area contributed by atoms with Gasteiger partial charge in [-0.05, 0) is 23.8 Å². The number of methoxy groups -OCH3 is 1. The minimum absolute atomic E-state index is 0.0869. The summed E-state index contributed by atoms with van der Waals surface area (Å²) in [5, 5.41) is 8.74.